The molecule has 0 unspecified atom stereocenters. The van der Waals surface area contributed by atoms with E-state index >= 15 is 0 Å². The van der Waals surface area contributed by atoms with Gasteiger partial charge in [-0.05, 0) is 42.3 Å². The summed E-state index contributed by atoms with van der Waals surface area (Å²) < 4.78 is 32.2. The average Bonchev–Trinajstić information content (AvgIpc) is 2.68. The second-order valence-electron chi connectivity index (χ2n) is 7.09. The molecule has 1 N–H and O–H groups in total. The Morgan fingerprint density at radius 1 is 1.07 bits per heavy atom. The number of benzene rings is 2. The van der Waals surface area contributed by atoms with E-state index in [0.29, 0.717) is 12.1 Å². The molecule has 8 heteroatoms. The van der Waals surface area contributed by atoms with Crippen LogP contribution in [0.1, 0.15) is 21.5 Å². The Hall–Kier alpha value is -2.42. The molecule has 0 spiro atoms. The van der Waals surface area contributed by atoms with Gasteiger partial charge in [-0.1, -0.05) is 18.2 Å². The van der Waals surface area contributed by atoms with E-state index in [4.69, 9.17) is 4.74 Å². The van der Waals surface area contributed by atoms with Crippen LogP contribution >= 0.6 is 0 Å². The number of methoxy groups -OCH3 is 1. The van der Waals surface area contributed by atoms with Crippen molar-refractivity contribution in [3.05, 3.63) is 59.2 Å². The highest BCUT2D eigenvalue weighted by atomic mass is 32.2. The van der Waals surface area contributed by atoms with Gasteiger partial charge in [0.1, 0.15) is 0 Å². The van der Waals surface area contributed by atoms with E-state index in [1.165, 1.54) is 19.2 Å². The summed E-state index contributed by atoms with van der Waals surface area (Å²) in [4.78, 5) is 16.6. The zero-order valence-corrected chi connectivity index (χ0v) is 18.4. The fourth-order valence-corrected chi connectivity index (χ4v) is 3.85. The topological polar surface area (TPSA) is 78.9 Å². The molecule has 0 aliphatic rings. The second kappa shape index (κ2) is 9.87. The molecule has 0 saturated carbocycles. The zero-order chi connectivity index (χ0) is 21.6. The number of hydrogen-bond acceptors (Lipinski definition) is 5. The van der Waals surface area contributed by atoms with Gasteiger partial charge in [0.25, 0.3) is 5.91 Å². The van der Waals surface area contributed by atoms with Crippen LogP contribution in [-0.2, 0) is 21.3 Å². The van der Waals surface area contributed by atoms with Gasteiger partial charge in [0.05, 0.1) is 11.5 Å². The van der Waals surface area contributed by atoms with Gasteiger partial charge in [0.2, 0.25) is 10.0 Å². The molecular weight excluding hydrogens is 390 g/mol. The van der Waals surface area contributed by atoms with Crippen LogP contribution in [-0.4, -0.2) is 60.6 Å². The average molecular weight is 420 g/mol. The van der Waals surface area contributed by atoms with Crippen molar-refractivity contribution in [3.8, 4) is 0 Å². The summed E-state index contributed by atoms with van der Waals surface area (Å²) in [6.07, 6.45) is 0. The molecule has 1 amide bonds. The Morgan fingerprint density at radius 3 is 2.31 bits per heavy atom. The summed E-state index contributed by atoms with van der Waals surface area (Å²) in [5.74, 6) is -0.229. The van der Waals surface area contributed by atoms with Crippen molar-refractivity contribution in [1.82, 2.24) is 9.62 Å². The van der Waals surface area contributed by atoms with Crippen LogP contribution < -0.4 is 9.62 Å². The first kappa shape index (κ1) is 22.9. The lowest BCUT2D eigenvalue weighted by Crippen LogP contribution is -2.29. The highest BCUT2D eigenvalue weighted by Crippen LogP contribution is 2.19. The number of nitrogens with zero attached hydrogens (tertiary/aromatic N) is 2. The van der Waals surface area contributed by atoms with Crippen LogP contribution in [0.4, 0.5) is 5.69 Å². The normalized spacial score (nSPS) is 11.3. The van der Waals surface area contributed by atoms with Crippen LogP contribution in [0.25, 0.3) is 0 Å². The fourth-order valence-electron chi connectivity index (χ4n) is 2.81. The van der Waals surface area contributed by atoms with Crippen molar-refractivity contribution in [3.63, 3.8) is 0 Å². The number of rotatable bonds is 9. The molecule has 0 atom stereocenters. The molecule has 0 aliphatic carbocycles. The molecule has 0 aromatic heterocycles. The predicted molar refractivity (Wildman–Crippen MR) is 115 cm³/mol. The molecule has 7 nitrogen and oxygen atoms in total. The Bertz CT molecular complexity index is 941. The zero-order valence-electron chi connectivity index (χ0n) is 17.6. The van der Waals surface area contributed by atoms with E-state index < -0.39 is 10.0 Å². The van der Waals surface area contributed by atoms with Crippen LogP contribution in [0.15, 0.2) is 47.4 Å². The van der Waals surface area contributed by atoms with E-state index in [-0.39, 0.29) is 24.0 Å². The number of amides is 1. The monoisotopic (exact) mass is 419 g/mol. The minimum atomic E-state index is -3.71. The van der Waals surface area contributed by atoms with E-state index in [1.54, 1.807) is 24.9 Å². The first-order valence-electron chi connectivity index (χ1n) is 9.26. The maximum Gasteiger partial charge on any atom is 0.254 e. The maximum absolute atomic E-state index is 13.0. The van der Waals surface area contributed by atoms with Crippen molar-refractivity contribution in [1.29, 1.82) is 0 Å². The number of sulfonamides is 1. The van der Waals surface area contributed by atoms with Gasteiger partial charge in [-0.2, -0.15) is 0 Å². The number of hydrogen-bond donors (Lipinski definition) is 1. The molecule has 158 valence electrons. The van der Waals surface area contributed by atoms with E-state index in [9.17, 15) is 13.2 Å². The first-order chi connectivity index (χ1) is 13.7. The largest absolute Gasteiger partial charge is 0.383 e. The Balaban J connectivity index is 2.18. The number of anilines is 1. The Kier molecular flexibility index (Phi) is 7.78. The third-order valence-electron chi connectivity index (χ3n) is 4.57. The number of nitrogens with one attached hydrogen (secondary N) is 1. The van der Waals surface area contributed by atoms with Gasteiger partial charge < -0.3 is 14.5 Å². The summed E-state index contributed by atoms with van der Waals surface area (Å²) in [6.45, 7) is 2.65. The Morgan fingerprint density at radius 2 is 1.72 bits per heavy atom. The van der Waals surface area contributed by atoms with Gasteiger partial charge in [-0.25, -0.2) is 13.1 Å². The molecule has 2 rings (SSSR count). The summed E-state index contributed by atoms with van der Waals surface area (Å²) in [6, 6.07) is 12.5. The van der Waals surface area contributed by atoms with Crippen molar-refractivity contribution in [2.24, 2.45) is 0 Å². The third-order valence-corrected chi connectivity index (χ3v) is 6.03. The number of ether oxygens (including phenoxy) is 1. The van der Waals surface area contributed by atoms with Crippen molar-refractivity contribution < 1.29 is 17.9 Å². The SMILES string of the molecule is COCCNS(=O)(=O)c1ccc(C)c(C(=O)N(C)Cc2ccc(N(C)C)cc2)c1. The highest BCUT2D eigenvalue weighted by Gasteiger charge is 2.20. The minimum absolute atomic E-state index is 0.0614. The minimum Gasteiger partial charge on any atom is -0.383 e. The van der Waals surface area contributed by atoms with Crippen LogP contribution in [0.2, 0.25) is 0 Å². The second-order valence-corrected chi connectivity index (χ2v) is 8.86. The number of carbonyl (C=O) groups excluding carboxylic acids is 1. The molecule has 0 heterocycles. The third kappa shape index (κ3) is 6.03. The first-order valence-corrected chi connectivity index (χ1v) is 10.7. The standard InChI is InChI=1S/C21H29N3O4S/c1-16-6-11-19(29(26,27)22-12-13-28-5)14-20(16)21(25)24(4)15-17-7-9-18(10-8-17)23(2)3/h6-11,14,22H,12-13,15H2,1-5H3. The lowest BCUT2D eigenvalue weighted by molar-refractivity contribution is 0.0784. The van der Waals surface area contributed by atoms with Gasteiger partial charge in [0, 0.05) is 52.6 Å². The van der Waals surface area contributed by atoms with Crippen LogP contribution in [0.3, 0.4) is 0 Å². The van der Waals surface area contributed by atoms with Crippen molar-refractivity contribution in [2.75, 3.05) is 46.3 Å². The summed E-state index contributed by atoms with van der Waals surface area (Å²) >= 11 is 0. The fraction of sp³-hybridized carbons (Fsp3) is 0.381. The van der Waals surface area contributed by atoms with E-state index in [2.05, 4.69) is 4.72 Å². The van der Waals surface area contributed by atoms with Gasteiger partial charge in [-0.3, -0.25) is 4.79 Å². The molecule has 0 saturated heterocycles. The lowest BCUT2D eigenvalue weighted by Gasteiger charge is -2.20. The molecule has 0 fully saturated rings. The molecule has 0 bridgehead atoms. The molecule has 0 aliphatic heterocycles. The maximum atomic E-state index is 13.0. The molecule has 0 radical (unpaired) electrons. The predicted octanol–water partition coefficient (Wildman–Crippen LogP) is 2.26. The summed E-state index contributed by atoms with van der Waals surface area (Å²) in [5, 5.41) is 0. The molecule has 2 aromatic carbocycles. The van der Waals surface area contributed by atoms with Crippen LogP contribution in [0.5, 0.6) is 0 Å². The molecular formula is C21H29N3O4S. The van der Waals surface area contributed by atoms with E-state index in [0.717, 1.165) is 16.8 Å². The highest BCUT2D eigenvalue weighted by molar-refractivity contribution is 7.89. The van der Waals surface area contributed by atoms with Gasteiger partial charge in [-0.15, -0.1) is 0 Å². The Labute approximate surface area is 173 Å². The van der Waals surface area contributed by atoms with Gasteiger partial charge >= 0.3 is 0 Å². The quantitative estimate of drug-likeness (QED) is 0.631. The van der Waals surface area contributed by atoms with Gasteiger partial charge in [0.15, 0.2) is 0 Å². The van der Waals surface area contributed by atoms with Crippen LogP contribution in [0, 0.1) is 6.92 Å². The summed E-state index contributed by atoms with van der Waals surface area (Å²) in [7, 11) is 3.44. The molecule has 2 aromatic rings. The summed E-state index contributed by atoms with van der Waals surface area (Å²) in [5.41, 5.74) is 3.17. The van der Waals surface area contributed by atoms with E-state index in [1.807, 2.05) is 43.3 Å². The molecule has 29 heavy (non-hydrogen) atoms. The lowest BCUT2D eigenvalue weighted by atomic mass is 10.1. The van der Waals surface area contributed by atoms with Crippen molar-refractivity contribution in [2.45, 2.75) is 18.4 Å². The van der Waals surface area contributed by atoms with Crippen molar-refractivity contribution >= 4 is 21.6 Å². The number of aryl methyl sites for hydroxylation is 1. The smallest absolute Gasteiger partial charge is 0.254 e. The number of carbonyl (C=O) groups is 1.